The van der Waals surface area contributed by atoms with Gasteiger partial charge in [0, 0.05) is 20.8 Å². The summed E-state index contributed by atoms with van der Waals surface area (Å²) >= 11 is 9.55. The molecule has 32 heavy (non-hydrogen) atoms. The summed E-state index contributed by atoms with van der Waals surface area (Å²) in [6.07, 6.45) is 0. The molecule has 0 atom stereocenters. The molecule has 0 saturated carbocycles. The Labute approximate surface area is 199 Å². The summed E-state index contributed by atoms with van der Waals surface area (Å²) < 4.78 is 13.9. The SMILES string of the molecule is COC(=O)c1cccc(-n2c(C)ccc2-c2cc(Br)ccc2OCc2ccc(Cl)cc2)n1. The van der Waals surface area contributed by atoms with Crippen LogP contribution in [0.2, 0.25) is 5.02 Å². The van der Waals surface area contributed by atoms with Gasteiger partial charge in [-0.2, -0.15) is 0 Å². The number of carbonyl (C=O) groups is 1. The summed E-state index contributed by atoms with van der Waals surface area (Å²) in [5.74, 6) is 0.869. The van der Waals surface area contributed by atoms with Crippen molar-refractivity contribution in [2.75, 3.05) is 7.11 Å². The molecule has 4 aromatic rings. The van der Waals surface area contributed by atoms with Crippen LogP contribution in [0.5, 0.6) is 5.75 Å². The van der Waals surface area contributed by atoms with Crippen molar-refractivity contribution in [2.45, 2.75) is 13.5 Å². The number of rotatable bonds is 6. The van der Waals surface area contributed by atoms with E-state index in [0.29, 0.717) is 17.4 Å². The van der Waals surface area contributed by atoms with Crippen LogP contribution < -0.4 is 4.74 Å². The van der Waals surface area contributed by atoms with Crippen molar-refractivity contribution in [3.8, 4) is 22.8 Å². The van der Waals surface area contributed by atoms with Crippen LogP contribution in [0.1, 0.15) is 21.7 Å². The molecule has 0 aliphatic rings. The molecular formula is C25H20BrClN2O3. The van der Waals surface area contributed by atoms with Crippen molar-refractivity contribution in [3.63, 3.8) is 0 Å². The van der Waals surface area contributed by atoms with E-state index >= 15 is 0 Å². The highest BCUT2D eigenvalue weighted by atomic mass is 79.9. The smallest absolute Gasteiger partial charge is 0.356 e. The monoisotopic (exact) mass is 510 g/mol. The molecule has 0 spiro atoms. The maximum atomic E-state index is 12.0. The van der Waals surface area contributed by atoms with E-state index in [0.717, 1.165) is 32.7 Å². The number of aryl methyl sites for hydroxylation is 1. The fourth-order valence-corrected chi connectivity index (χ4v) is 3.88. The van der Waals surface area contributed by atoms with Crippen LogP contribution >= 0.6 is 27.5 Å². The van der Waals surface area contributed by atoms with E-state index in [1.807, 2.05) is 72.2 Å². The first-order valence-corrected chi connectivity index (χ1v) is 11.0. The number of benzene rings is 2. The number of pyridine rings is 1. The van der Waals surface area contributed by atoms with Crippen molar-refractivity contribution in [1.29, 1.82) is 0 Å². The average Bonchev–Trinajstić information content (AvgIpc) is 3.20. The summed E-state index contributed by atoms with van der Waals surface area (Å²) in [6.45, 7) is 2.39. The van der Waals surface area contributed by atoms with Crippen LogP contribution in [-0.2, 0) is 11.3 Å². The summed E-state index contributed by atoms with van der Waals surface area (Å²) in [5, 5.41) is 0.688. The van der Waals surface area contributed by atoms with E-state index in [4.69, 9.17) is 21.1 Å². The van der Waals surface area contributed by atoms with Gasteiger partial charge in [-0.3, -0.25) is 4.57 Å². The lowest BCUT2D eigenvalue weighted by Crippen LogP contribution is -2.09. The zero-order chi connectivity index (χ0) is 22.7. The molecule has 2 heterocycles. The van der Waals surface area contributed by atoms with E-state index in [2.05, 4.69) is 20.9 Å². The van der Waals surface area contributed by atoms with Gasteiger partial charge in [0.1, 0.15) is 18.2 Å². The summed E-state index contributed by atoms with van der Waals surface area (Å²) in [5.41, 5.74) is 4.02. The van der Waals surface area contributed by atoms with Gasteiger partial charge in [-0.25, -0.2) is 9.78 Å². The number of ether oxygens (including phenoxy) is 2. The summed E-state index contributed by atoms with van der Waals surface area (Å²) in [7, 11) is 1.34. The molecule has 0 unspecified atom stereocenters. The fraction of sp³-hybridized carbons (Fsp3) is 0.120. The molecule has 5 nitrogen and oxygen atoms in total. The molecule has 0 aliphatic carbocycles. The van der Waals surface area contributed by atoms with Gasteiger partial charge in [-0.1, -0.05) is 45.7 Å². The standard InChI is InChI=1S/C25H20BrClN2O3/c1-16-6-12-22(29(16)24-5-3-4-21(28-24)25(30)31-2)20-14-18(26)9-13-23(20)32-15-17-7-10-19(27)11-8-17/h3-14H,15H2,1-2H3. The van der Waals surface area contributed by atoms with Gasteiger partial charge in [0.2, 0.25) is 0 Å². The largest absolute Gasteiger partial charge is 0.488 e. The highest BCUT2D eigenvalue weighted by Crippen LogP contribution is 2.36. The fourth-order valence-electron chi connectivity index (χ4n) is 3.39. The third kappa shape index (κ3) is 4.71. The van der Waals surface area contributed by atoms with Gasteiger partial charge < -0.3 is 9.47 Å². The Bertz CT molecular complexity index is 1270. The van der Waals surface area contributed by atoms with Gasteiger partial charge in [0.25, 0.3) is 0 Å². The molecule has 162 valence electrons. The van der Waals surface area contributed by atoms with Crippen molar-refractivity contribution in [3.05, 3.63) is 99.2 Å². The van der Waals surface area contributed by atoms with Crippen molar-refractivity contribution in [1.82, 2.24) is 9.55 Å². The second-order valence-electron chi connectivity index (χ2n) is 7.12. The molecular weight excluding hydrogens is 492 g/mol. The average molecular weight is 512 g/mol. The second kappa shape index (κ2) is 9.59. The topological polar surface area (TPSA) is 53.4 Å². The molecule has 0 saturated heterocycles. The predicted molar refractivity (Wildman–Crippen MR) is 129 cm³/mol. The van der Waals surface area contributed by atoms with E-state index in [1.165, 1.54) is 7.11 Å². The van der Waals surface area contributed by atoms with Gasteiger partial charge in [-0.05, 0) is 67.1 Å². The number of methoxy groups -OCH3 is 1. The van der Waals surface area contributed by atoms with Crippen LogP contribution in [0.4, 0.5) is 0 Å². The number of carbonyl (C=O) groups excluding carboxylic acids is 1. The minimum absolute atomic E-state index is 0.248. The molecule has 2 aromatic carbocycles. The molecule has 2 aromatic heterocycles. The molecule has 0 radical (unpaired) electrons. The molecule has 0 amide bonds. The normalized spacial score (nSPS) is 10.8. The predicted octanol–water partition coefficient (Wildman–Crippen LogP) is 6.63. The van der Waals surface area contributed by atoms with Crippen molar-refractivity contribution < 1.29 is 14.3 Å². The summed E-state index contributed by atoms with van der Waals surface area (Å²) in [6, 6.07) is 22.7. The Kier molecular flexibility index (Phi) is 6.63. The zero-order valence-electron chi connectivity index (χ0n) is 17.5. The number of hydrogen-bond acceptors (Lipinski definition) is 4. The highest BCUT2D eigenvalue weighted by Gasteiger charge is 2.17. The number of nitrogens with zero attached hydrogens (tertiary/aromatic N) is 2. The minimum Gasteiger partial charge on any atom is -0.488 e. The van der Waals surface area contributed by atoms with Gasteiger partial charge in [-0.15, -0.1) is 0 Å². The first-order chi connectivity index (χ1) is 15.5. The van der Waals surface area contributed by atoms with Gasteiger partial charge in [0.05, 0.1) is 12.8 Å². The maximum Gasteiger partial charge on any atom is 0.356 e. The van der Waals surface area contributed by atoms with E-state index in [1.54, 1.807) is 12.1 Å². The lowest BCUT2D eigenvalue weighted by Gasteiger charge is -2.16. The highest BCUT2D eigenvalue weighted by molar-refractivity contribution is 9.10. The van der Waals surface area contributed by atoms with Crippen LogP contribution in [-0.4, -0.2) is 22.6 Å². The Morgan fingerprint density at radius 3 is 2.59 bits per heavy atom. The number of aromatic nitrogens is 2. The van der Waals surface area contributed by atoms with Crippen molar-refractivity contribution >= 4 is 33.5 Å². The number of esters is 1. The molecule has 4 rings (SSSR count). The maximum absolute atomic E-state index is 12.0. The first kappa shape index (κ1) is 22.1. The molecule has 0 bridgehead atoms. The molecule has 0 aliphatic heterocycles. The van der Waals surface area contributed by atoms with Gasteiger partial charge >= 0.3 is 5.97 Å². The Balaban J connectivity index is 1.74. The lowest BCUT2D eigenvalue weighted by molar-refractivity contribution is 0.0594. The third-order valence-corrected chi connectivity index (χ3v) is 5.70. The molecule has 0 N–H and O–H groups in total. The van der Waals surface area contributed by atoms with Crippen LogP contribution in [0.15, 0.2) is 77.3 Å². The zero-order valence-corrected chi connectivity index (χ0v) is 19.9. The van der Waals surface area contributed by atoms with Gasteiger partial charge in [0.15, 0.2) is 5.69 Å². The quantitative estimate of drug-likeness (QED) is 0.273. The van der Waals surface area contributed by atoms with Crippen LogP contribution in [0, 0.1) is 6.92 Å². The Morgan fingerprint density at radius 2 is 1.84 bits per heavy atom. The minimum atomic E-state index is -0.479. The lowest BCUT2D eigenvalue weighted by atomic mass is 10.1. The van der Waals surface area contributed by atoms with E-state index < -0.39 is 5.97 Å². The van der Waals surface area contributed by atoms with E-state index in [-0.39, 0.29) is 5.69 Å². The molecule has 7 heteroatoms. The number of halogens is 2. The van der Waals surface area contributed by atoms with Crippen LogP contribution in [0.3, 0.4) is 0 Å². The van der Waals surface area contributed by atoms with Crippen LogP contribution in [0.25, 0.3) is 17.1 Å². The third-order valence-electron chi connectivity index (χ3n) is 4.96. The van der Waals surface area contributed by atoms with E-state index in [9.17, 15) is 4.79 Å². The Morgan fingerprint density at radius 1 is 1.06 bits per heavy atom. The molecule has 0 fully saturated rings. The van der Waals surface area contributed by atoms with Crippen molar-refractivity contribution in [2.24, 2.45) is 0 Å². The summed E-state index contributed by atoms with van der Waals surface area (Å²) in [4.78, 5) is 16.5. The second-order valence-corrected chi connectivity index (χ2v) is 8.48. The first-order valence-electron chi connectivity index (χ1n) is 9.87. The Hall–Kier alpha value is -3.09. The number of hydrogen-bond donors (Lipinski definition) is 0.